The first-order valence-corrected chi connectivity index (χ1v) is 7.29. The molecule has 2 rings (SSSR count). The summed E-state index contributed by atoms with van der Waals surface area (Å²) >= 11 is 0. The molecule has 0 unspecified atom stereocenters. The molecule has 1 fully saturated rings. The van der Waals surface area contributed by atoms with Gasteiger partial charge < -0.3 is 10.5 Å². The van der Waals surface area contributed by atoms with Gasteiger partial charge in [0.2, 0.25) is 0 Å². The van der Waals surface area contributed by atoms with Gasteiger partial charge in [-0.1, -0.05) is 27.7 Å². The van der Waals surface area contributed by atoms with Gasteiger partial charge in [0.25, 0.3) is 0 Å². The monoisotopic (exact) mass is 275 g/mol. The first-order valence-electron chi connectivity index (χ1n) is 7.29. The van der Waals surface area contributed by atoms with E-state index in [2.05, 4.69) is 27.7 Å². The van der Waals surface area contributed by atoms with Crippen LogP contribution in [0.25, 0.3) is 0 Å². The minimum absolute atomic E-state index is 0.0515. The number of nitrogens with two attached hydrogens (primary N) is 1. The number of carbonyl (C=O) groups excluding carboxylic acids is 1. The largest absolute Gasteiger partial charge is 0.461 e. The third kappa shape index (κ3) is 2.54. The van der Waals surface area contributed by atoms with Gasteiger partial charge in [-0.3, -0.25) is 0 Å². The predicted octanol–water partition coefficient (Wildman–Crippen LogP) is 3.89. The second-order valence-corrected chi connectivity index (χ2v) is 6.92. The molecule has 0 saturated heterocycles. The topological polar surface area (TPSA) is 52.3 Å². The molecular formula is C17H25NO2. The summed E-state index contributed by atoms with van der Waals surface area (Å²) in [5.41, 5.74) is 7.07. The fourth-order valence-corrected chi connectivity index (χ4v) is 3.00. The maximum absolute atomic E-state index is 12.1. The summed E-state index contributed by atoms with van der Waals surface area (Å²) in [5.74, 6) is 0.393. The van der Waals surface area contributed by atoms with E-state index < -0.39 is 0 Å². The molecule has 20 heavy (non-hydrogen) atoms. The van der Waals surface area contributed by atoms with Crippen LogP contribution in [0.2, 0.25) is 0 Å². The summed E-state index contributed by atoms with van der Waals surface area (Å²) < 4.78 is 5.56. The average molecular weight is 275 g/mol. The SMILES string of the molecule is C[C@@H]1CC[C@@](C)(COC(=O)c2ccc(N)cc2)C1(C)C. The average Bonchev–Trinajstić information content (AvgIpc) is 2.61. The van der Waals surface area contributed by atoms with Crippen molar-refractivity contribution >= 4 is 11.7 Å². The van der Waals surface area contributed by atoms with E-state index in [4.69, 9.17) is 10.5 Å². The number of carbonyl (C=O) groups is 1. The molecule has 1 aliphatic rings. The summed E-state index contributed by atoms with van der Waals surface area (Å²) in [4.78, 5) is 12.1. The third-order valence-electron chi connectivity index (χ3n) is 5.58. The van der Waals surface area contributed by atoms with Crippen molar-refractivity contribution in [2.24, 2.45) is 16.7 Å². The van der Waals surface area contributed by atoms with Gasteiger partial charge in [-0.05, 0) is 48.4 Å². The number of rotatable bonds is 3. The number of anilines is 1. The van der Waals surface area contributed by atoms with E-state index in [-0.39, 0.29) is 16.8 Å². The van der Waals surface area contributed by atoms with Gasteiger partial charge in [0.05, 0.1) is 12.2 Å². The van der Waals surface area contributed by atoms with Crippen molar-refractivity contribution in [1.29, 1.82) is 0 Å². The number of hydrogen-bond donors (Lipinski definition) is 1. The lowest BCUT2D eigenvalue weighted by atomic mass is 9.66. The normalized spacial score (nSPS) is 28.3. The number of esters is 1. The summed E-state index contributed by atoms with van der Waals surface area (Å²) in [7, 11) is 0. The summed E-state index contributed by atoms with van der Waals surface area (Å²) in [5, 5.41) is 0. The zero-order valence-corrected chi connectivity index (χ0v) is 12.9. The van der Waals surface area contributed by atoms with E-state index >= 15 is 0 Å². The highest BCUT2D eigenvalue weighted by molar-refractivity contribution is 5.89. The number of hydrogen-bond acceptors (Lipinski definition) is 3. The molecular weight excluding hydrogens is 250 g/mol. The Morgan fingerprint density at radius 1 is 1.30 bits per heavy atom. The molecule has 110 valence electrons. The lowest BCUT2D eigenvalue weighted by Gasteiger charge is -2.40. The van der Waals surface area contributed by atoms with Crippen molar-refractivity contribution in [2.45, 2.75) is 40.5 Å². The Kier molecular flexibility index (Phi) is 3.81. The summed E-state index contributed by atoms with van der Waals surface area (Å²) in [6.45, 7) is 9.55. The Morgan fingerprint density at radius 2 is 1.90 bits per heavy atom. The smallest absolute Gasteiger partial charge is 0.338 e. The van der Waals surface area contributed by atoms with Crippen LogP contribution in [-0.2, 0) is 4.74 Å². The molecule has 3 nitrogen and oxygen atoms in total. The molecule has 0 heterocycles. The van der Waals surface area contributed by atoms with Gasteiger partial charge >= 0.3 is 5.97 Å². The highest BCUT2D eigenvalue weighted by Gasteiger charge is 2.50. The molecule has 2 N–H and O–H groups in total. The Bertz CT molecular complexity index is 492. The van der Waals surface area contributed by atoms with Crippen LogP contribution >= 0.6 is 0 Å². The quantitative estimate of drug-likeness (QED) is 0.672. The second-order valence-electron chi connectivity index (χ2n) is 6.92. The van der Waals surface area contributed by atoms with Crippen molar-refractivity contribution in [3.63, 3.8) is 0 Å². The molecule has 2 atom stereocenters. The Balaban J connectivity index is 2.02. The van der Waals surface area contributed by atoms with E-state index in [9.17, 15) is 4.79 Å². The van der Waals surface area contributed by atoms with Crippen molar-refractivity contribution in [2.75, 3.05) is 12.3 Å². The third-order valence-corrected chi connectivity index (χ3v) is 5.58. The van der Waals surface area contributed by atoms with E-state index in [1.54, 1.807) is 24.3 Å². The van der Waals surface area contributed by atoms with E-state index in [0.717, 1.165) is 6.42 Å². The summed E-state index contributed by atoms with van der Waals surface area (Å²) in [6.07, 6.45) is 2.30. The van der Waals surface area contributed by atoms with Gasteiger partial charge in [0, 0.05) is 11.1 Å². The predicted molar refractivity (Wildman–Crippen MR) is 81.4 cm³/mol. The number of benzene rings is 1. The minimum atomic E-state index is -0.262. The fraction of sp³-hybridized carbons (Fsp3) is 0.588. The van der Waals surface area contributed by atoms with E-state index in [0.29, 0.717) is 23.8 Å². The Morgan fingerprint density at radius 3 is 2.40 bits per heavy atom. The maximum Gasteiger partial charge on any atom is 0.338 e. The standard InChI is InChI=1S/C17H25NO2/c1-12-9-10-17(4,16(12,2)3)11-20-15(19)13-5-7-14(18)8-6-13/h5-8,12H,9-11,18H2,1-4H3/t12-,17+/m1/s1. The molecule has 0 aliphatic heterocycles. The second kappa shape index (κ2) is 5.12. The lowest BCUT2D eigenvalue weighted by Crippen LogP contribution is -2.37. The fourth-order valence-electron chi connectivity index (χ4n) is 3.00. The number of nitrogen functional groups attached to an aromatic ring is 1. The molecule has 0 radical (unpaired) electrons. The van der Waals surface area contributed by atoms with E-state index in [1.807, 2.05) is 0 Å². The van der Waals surface area contributed by atoms with Crippen LogP contribution < -0.4 is 5.73 Å². The van der Waals surface area contributed by atoms with Gasteiger partial charge in [-0.15, -0.1) is 0 Å². The van der Waals surface area contributed by atoms with Crippen LogP contribution in [0.3, 0.4) is 0 Å². The molecule has 1 aliphatic carbocycles. The van der Waals surface area contributed by atoms with Gasteiger partial charge in [-0.25, -0.2) is 4.79 Å². The molecule has 0 aromatic heterocycles. The van der Waals surface area contributed by atoms with Gasteiger partial charge in [0.1, 0.15) is 0 Å². The van der Waals surface area contributed by atoms with Crippen LogP contribution in [0, 0.1) is 16.7 Å². The van der Waals surface area contributed by atoms with Crippen molar-refractivity contribution in [3.05, 3.63) is 29.8 Å². The first-order chi connectivity index (χ1) is 9.26. The van der Waals surface area contributed by atoms with Crippen LogP contribution in [0.5, 0.6) is 0 Å². The van der Waals surface area contributed by atoms with Crippen LogP contribution in [0.15, 0.2) is 24.3 Å². The Hall–Kier alpha value is -1.51. The van der Waals surface area contributed by atoms with E-state index in [1.165, 1.54) is 6.42 Å². The van der Waals surface area contributed by atoms with Crippen molar-refractivity contribution in [1.82, 2.24) is 0 Å². The van der Waals surface area contributed by atoms with Crippen LogP contribution in [0.4, 0.5) is 5.69 Å². The first kappa shape index (κ1) is 14.9. The molecule has 3 heteroatoms. The van der Waals surface area contributed by atoms with Crippen LogP contribution in [-0.4, -0.2) is 12.6 Å². The summed E-state index contributed by atoms with van der Waals surface area (Å²) in [6, 6.07) is 6.87. The van der Waals surface area contributed by atoms with Crippen molar-refractivity contribution in [3.8, 4) is 0 Å². The molecule has 0 amide bonds. The van der Waals surface area contributed by atoms with Gasteiger partial charge in [0.15, 0.2) is 0 Å². The van der Waals surface area contributed by atoms with Crippen molar-refractivity contribution < 1.29 is 9.53 Å². The zero-order chi connectivity index (χ0) is 15.0. The zero-order valence-electron chi connectivity index (χ0n) is 12.9. The molecule has 1 aromatic carbocycles. The maximum atomic E-state index is 12.1. The minimum Gasteiger partial charge on any atom is -0.461 e. The molecule has 1 saturated carbocycles. The highest BCUT2D eigenvalue weighted by atomic mass is 16.5. The molecule has 0 bridgehead atoms. The number of ether oxygens (including phenoxy) is 1. The van der Waals surface area contributed by atoms with Crippen LogP contribution in [0.1, 0.15) is 50.9 Å². The van der Waals surface area contributed by atoms with Gasteiger partial charge in [-0.2, -0.15) is 0 Å². The lowest BCUT2D eigenvalue weighted by molar-refractivity contribution is -0.00349. The highest BCUT2D eigenvalue weighted by Crippen LogP contribution is 2.55. The molecule has 0 spiro atoms. The molecule has 1 aromatic rings. The Labute approximate surface area is 121 Å².